The van der Waals surface area contributed by atoms with Gasteiger partial charge in [-0.1, -0.05) is 0 Å². The van der Waals surface area contributed by atoms with Crippen LogP contribution in [0.4, 0.5) is 5.69 Å². The number of β-amino-alcohol motifs (C(OH)–C–C–N with tert-alkyl or cyclic N) is 1. The van der Waals surface area contributed by atoms with Crippen LogP contribution in [0.15, 0.2) is 12.1 Å². The molecule has 2 aromatic rings. The first kappa shape index (κ1) is 16.4. The number of aryl methyl sites for hydroxylation is 1. The number of hydrogen-bond acceptors (Lipinski definition) is 6. The minimum Gasteiger partial charge on any atom is -0.504 e. The van der Waals surface area contributed by atoms with Crippen LogP contribution in [-0.2, 0) is 12.8 Å². The number of likely N-dealkylation sites (tertiary alicyclic amines) is 1. The highest BCUT2D eigenvalue weighted by atomic mass is 16.3. The molecule has 0 saturated carbocycles. The fraction of sp³-hybridized carbons (Fsp3) is 0.526. The maximum Gasteiger partial charge on any atom is 0.159 e. The number of hydrogen-bond donors (Lipinski definition) is 4. The number of nitrogens with one attached hydrogen (secondary N) is 1. The van der Waals surface area contributed by atoms with Gasteiger partial charge in [-0.15, -0.1) is 0 Å². The van der Waals surface area contributed by atoms with E-state index in [9.17, 15) is 15.3 Å². The van der Waals surface area contributed by atoms with E-state index in [0.29, 0.717) is 12.6 Å². The molecule has 25 heavy (non-hydrogen) atoms. The molecule has 6 nitrogen and oxygen atoms in total. The molecule has 0 unspecified atom stereocenters. The highest BCUT2D eigenvalue weighted by Gasteiger charge is 2.25. The van der Waals surface area contributed by atoms with Crippen LogP contribution in [-0.4, -0.2) is 57.5 Å². The van der Waals surface area contributed by atoms with Crippen LogP contribution in [0, 0.1) is 0 Å². The van der Waals surface area contributed by atoms with Crippen molar-refractivity contribution < 1.29 is 15.3 Å². The van der Waals surface area contributed by atoms with E-state index in [4.69, 9.17) is 4.98 Å². The van der Waals surface area contributed by atoms with Gasteiger partial charge in [-0.05, 0) is 50.3 Å². The lowest BCUT2D eigenvalue weighted by atomic mass is 10.0. The molecule has 2 heterocycles. The molecule has 1 atom stereocenters. The van der Waals surface area contributed by atoms with E-state index < -0.39 is 0 Å². The van der Waals surface area contributed by atoms with E-state index >= 15 is 0 Å². The van der Waals surface area contributed by atoms with Gasteiger partial charge in [0.2, 0.25) is 0 Å². The summed E-state index contributed by atoms with van der Waals surface area (Å²) in [7, 11) is 0. The number of benzene rings is 1. The molecular weight excluding hydrogens is 318 g/mol. The number of fused-ring (bicyclic) bond motifs is 2. The molecule has 1 fully saturated rings. The molecule has 1 aliphatic carbocycles. The van der Waals surface area contributed by atoms with Crippen molar-refractivity contribution in [3.8, 4) is 11.5 Å². The van der Waals surface area contributed by atoms with Crippen LogP contribution in [0.25, 0.3) is 10.9 Å². The van der Waals surface area contributed by atoms with Gasteiger partial charge in [-0.3, -0.25) is 9.88 Å². The Hall–Kier alpha value is -2.05. The summed E-state index contributed by atoms with van der Waals surface area (Å²) in [6.45, 7) is 2.83. The standard InChI is InChI=1S/C19H25N3O3/c23-8-7-22-6-2-3-12(11-22)20-19-13-4-1-5-15(13)21-16-10-18(25)17(24)9-14(16)19/h9-10,12,23-25H,1-8,11H2,(H,20,21)/t12-/m0/s1. The predicted molar refractivity (Wildman–Crippen MR) is 97.3 cm³/mol. The van der Waals surface area contributed by atoms with Crippen molar-refractivity contribution in [3.05, 3.63) is 23.4 Å². The summed E-state index contributed by atoms with van der Waals surface area (Å²) in [6, 6.07) is 3.48. The molecule has 4 N–H and O–H groups in total. The fourth-order valence-corrected chi connectivity index (χ4v) is 4.17. The zero-order chi connectivity index (χ0) is 17.4. The summed E-state index contributed by atoms with van der Waals surface area (Å²) in [5.74, 6) is -0.239. The Labute approximate surface area is 147 Å². The van der Waals surface area contributed by atoms with Crippen molar-refractivity contribution in [1.29, 1.82) is 0 Å². The lowest BCUT2D eigenvalue weighted by Gasteiger charge is -2.34. The normalized spacial score (nSPS) is 20.8. The van der Waals surface area contributed by atoms with E-state index in [1.54, 1.807) is 12.1 Å². The molecule has 0 radical (unpaired) electrons. The second-order valence-corrected chi connectivity index (χ2v) is 7.13. The van der Waals surface area contributed by atoms with Gasteiger partial charge in [0, 0.05) is 42.0 Å². The molecule has 1 aromatic carbocycles. The Morgan fingerprint density at radius 1 is 1.16 bits per heavy atom. The van der Waals surface area contributed by atoms with Gasteiger partial charge in [0.15, 0.2) is 11.5 Å². The molecule has 6 heteroatoms. The van der Waals surface area contributed by atoms with Crippen molar-refractivity contribution in [1.82, 2.24) is 9.88 Å². The van der Waals surface area contributed by atoms with Crippen LogP contribution < -0.4 is 5.32 Å². The monoisotopic (exact) mass is 343 g/mol. The van der Waals surface area contributed by atoms with E-state index in [1.165, 1.54) is 5.56 Å². The number of anilines is 1. The number of aliphatic hydroxyl groups is 1. The zero-order valence-corrected chi connectivity index (χ0v) is 14.3. The van der Waals surface area contributed by atoms with Crippen molar-refractivity contribution in [2.24, 2.45) is 0 Å². The summed E-state index contributed by atoms with van der Waals surface area (Å²) < 4.78 is 0. The van der Waals surface area contributed by atoms with Crippen LogP contribution >= 0.6 is 0 Å². The summed E-state index contributed by atoms with van der Waals surface area (Å²) in [4.78, 5) is 6.99. The molecule has 1 saturated heterocycles. The minimum atomic E-state index is -0.129. The summed E-state index contributed by atoms with van der Waals surface area (Å²) >= 11 is 0. The number of nitrogens with zero attached hydrogens (tertiary/aromatic N) is 2. The summed E-state index contributed by atoms with van der Waals surface area (Å²) in [6.07, 6.45) is 5.24. The quantitative estimate of drug-likeness (QED) is 0.635. The van der Waals surface area contributed by atoms with Crippen LogP contribution in [0.1, 0.15) is 30.5 Å². The SMILES string of the molecule is OCCN1CCC[C@H](Nc2c3c(nc4cc(O)c(O)cc24)CCC3)C1. The smallest absolute Gasteiger partial charge is 0.159 e. The number of rotatable bonds is 4. The average molecular weight is 343 g/mol. The molecule has 4 rings (SSSR count). The first-order valence-electron chi connectivity index (χ1n) is 9.13. The van der Waals surface area contributed by atoms with Gasteiger partial charge in [-0.25, -0.2) is 0 Å². The Kier molecular flexibility index (Phi) is 4.39. The van der Waals surface area contributed by atoms with Gasteiger partial charge >= 0.3 is 0 Å². The van der Waals surface area contributed by atoms with E-state index in [-0.39, 0.29) is 18.1 Å². The number of aliphatic hydroxyl groups excluding tert-OH is 1. The van der Waals surface area contributed by atoms with Crippen LogP contribution in [0.2, 0.25) is 0 Å². The zero-order valence-electron chi connectivity index (χ0n) is 14.3. The molecule has 0 spiro atoms. The number of piperidine rings is 1. The number of aromatic nitrogens is 1. The third-order valence-electron chi connectivity index (χ3n) is 5.38. The molecular formula is C19H25N3O3. The molecule has 1 aliphatic heterocycles. The average Bonchev–Trinajstić information content (AvgIpc) is 3.05. The van der Waals surface area contributed by atoms with Gasteiger partial charge in [0.05, 0.1) is 12.1 Å². The lowest BCUT2D eigenvalue weighted by Crippen LogP contribution is -2.43. The predicted octanol–water partition coefficient (Wildman–Crippen LogP) is 2.00. The third kappa shape index (κ3) is 3.12. The fourth-order valence-electron chi connectivity index (χ4n) is 4.17. The number of pyridine rings is 1. The number of aromatic hydroxyl groups is 2. The lowest BCUT2D eigenvalue weighted by molar-refractivity contribution is 0.166. The van der Waals surface area contributed by atoms with Crippen molar-refractivity contribution in [2.75, 3.05) is 31.6 Å². The van der Waals surface area contributed by atoms with Crippen LogP contribution in [0.5, 0.6) is 11.5 Å². The van der Waals surface area contributed by atoms with E-state index in [1.807, 2.05) is 0 Å². The first-order valence-corrected chi connectivity index (χ1v) is 9.13. The third-order valence-corrected chi connectivity index (χ3v) is 5.38. The van der Waals surface area contributed by atoms with Gasteiger partial charge in [0.25, 0.3) is 0 Å². The Balaban J connectivity index is 1.71. The van der Waals surface area contributed by atoms with Crippen LogP contribution in [0.3, 0.4) is 0 Å². The topological polar surface area (TPSA) is 88.9 Å². The second-order valence-electron chi connectivity index (χ2n) is 7.13. The van der Waals surface area contributed by atoms with Gasteiger partial charge in [-0.2, -0.15) is 0 Å². The van der Waals surface area contributed by atoms with Crippen molar-refractivity contribution in [2.45, 2.75) is 38.1 Å². The Morgan fingerprint density at radius 3 is 2.84 bits per heavy atom. The number of phenols is 2. The maximum absolute atomic E-state index is 9.97. The first-order chi connectivity index (χ1) is 12.2. The van der Waals surface area contributed by atoms with Crippen molar-refractivity contribution in [3.63, 3.8) is 0 Å². The highest BCUT2D eigenvalue weighted by molar-refractivity contribution is 5.96. The molecule has 2 aliphatic rings. The molecule has 0 bridgehead atoms. The summed E-state index contributed by atoms with van der Waals surface area (Å²) in [5.41, 5.74) is 4.13. The van der Waals surface area contributed by atoms with E-state index in [0.717, 1.165) is 67.5 Å². The second kappa shape index (κ2) is 6.69. The molecule has 1 aromatic heterocycles. The minimum absolute atomic E-state index is 0.110. The highest BCUT2D eigenvalue weighted by Crippen LogP contribution is 2.39. The van der Waals surface area contributed by atoms with E-state index in [2.05, 4.69) is 10.2 Å². The molecule has 0 amide bonds. The maximum atomic E-state index is 9.97. The Morgan fingerprint density at radius 2 is 2.00 bits per heavy atom. The van der Waals surface area contributed by atoms with Crippen molar-refractivity contribution >= 4 is 16.6 Å². The summed E-state index contributed by atoms with van der Waals surface area (Å²) in [5, 5.41) is 33.6. The number of phenolic OH excluding ortho intramolecular Hbond substituents is 2. The van der Waals surface area contributed by atoms with Gasteiger partial charge < -0.3 is 20.6 Å². The largest absolute Gasteiger partial charge is 0.504 e. The van der Waals surface area contributed by atoms with Gasteiger partial charge in [0.1, 0.15) is 0 Å². The Bertz CT molecular complexity index is 791. The molecule has 134 valence electrons.